The Bertz CT molecular complexity index is 1100. The standard InChI is InChI=1S/C20H18FN3O2S/c1-14-11-17(7-8-18(14)21)27(25,26)24-10-9-19-16(13-24)12-22-20(23-19)15-5-3-2-4-6-15/h2-8,11-12H,9-10,13H2,1H3. The van der Waals surface area contributed by atoms with Crippen molar-refractivity contribution in [3.8, 4) is 11.4 Å². The highest BCUT2D eigenvalue weighted by molar-refractivity contribution is 7.89. The summed E-state index contributed by atoms with van der Waals surface area (Å²) in [4.78, 5) is 9.11. The summed E-state index contributed by atoms with van der Waals surface area (Å²) in [6, 6.07) is 13.5. The molecule has 0 saturated heterocycles. The molecule has 2 heterocycles. The fourth-order valence-corrected chi connectivity index (χ4v) is 4.65. The number of hydrogen-bond acceptors (Lipinski definition) is 4. The van der Waals surface area contributed by atoms with E-state index in [0.29, 0.717) is 24.4 Å². The summed E-state index contributed by atoms with van der Waals surface area (Å²) in [7, 11) is -3.70. The molecule has 0 N–H and O–H groups in total. The quantitative estimate of drug-likeness (QED) is 0.696. The first-order valence-electron chi connectivity index (χ1n) is 8.61. The number of aromatic nitrogens is 2. The summed E-state index contributed by atoms with van der Waals surface area (Å²) in [6.45, 7) is 2.10. The molecule has 138 valence electrons. The van der Waals surface area contributed by atoms with Gasteiger partial charge in [-0.05, 0) is 30.7 Å². The second-order valence-corrected chi connectivity index (χ2v) is 8.47. The minimum atomic E-state index is -3.70. The first kappa shape index (κ1) is 17.8. The van der Waals surface area contributed by atoms with E-state index in [0.717, 1.165) is 16.8 Å². The van der Waals surface area contributed by atoms with E-state index in [1.807, 2.05) is 30.3 Å². The van der Waals surface area contributed by atoms with Crippen LogP contribution in [0.4, 0.5) is 4.39 Å². The molecule has 1 aromatic heterocycles. The van der Waals surface area contributed by atoms with E-state index >= 15 is 0 Å². The molecule has 0 spiro atoms. The van der Waals surface area contributed by atoms with Gasteiger partial charge in [-0.15, -0.1) is 0 Å². The lowest BCUT2D eigenvalue weighted by Crippen LogP contribution is -2.36. The zero-order chi connectivity index (χ0) is 19.0. The van der Waals surface area contributed by atoms with Crippen LogP contribution in [0.25, 0.3) is 11.4 Å². The minimum absolute atomic E-state index is 0.103. The maximum Gasteiger partial charge on any atom is 0.243 e. The van der Waals surface area contributed by atoms with Gasteiger partial charge in [0.15, 0.2) is 5.82 Å². The number of nitrogens with zero attached hydrogens (tertiary/aromatic N) is 3. The van der Waals surface area contributed by atoms with E-state index in [9.17, 15) is 12.8 Å². The monoisotopic (exact) mass is 383 g/mol. The maximum absolute atomic E-state index is 13.5. The molecule has 0 amide bonds. The molecule has 1 aliphatic rings. The lowest BCUT2D eigenvalue weighted by molar-refractivity contribution is 0.387. The normalized spacial score (nSPS) is 14.7. The molecule has 0 saturated carbocycles. The van der Waals surface area contributed by atoms with Crippen molar-refractivity contribution in [1.29, 1.82) is 0 Å². The minimum Gasteiger partial charge on any atom is -0.236 e. The van der Waals surface area contributed by atoms with E-state index in [-0.39, 0.29) is 11.4 Å². The van der Waals surface area contributed by atoms with E-state index in [1.165, 1.54) is 22.5 Å². The predicted molar refractivity (Wildman–Crippen MR) is 99.9 cm³/mol. The molecule has 3 aromatic rings. The molecule has 0 unspecified atom stereocenters. The topological polar surface area (TPSA) is 63.2 Å². The number of benzene rings is 2. The van der Waals surface area contributed by atoms with Crippen LogP contribution in [0.3, 0.4) is 0 Å². The number of rotatable bonds is 3. The Morgan fingerprint density at radius 1 is 1.11 bits per heavy atom. The molecule has 0 bridgehead atoms. The summed E-state index contributed by atoms with van der Waals surface area (Å²) in [5.74, 6) is 0.222. The lowest BCUT2D eigenvalue weighted by Gasteiger charge is -2.27. The van der Waals surface area contributed by atoms with Crippen molar-refractivity contribution in [2.75, 3.05) is 6.54 Å². The number of aryl methyl sites for hydroxylation is 1. The van der Waals surface area contributed by atoms with Gasteiger partial charge in [-0.3, -0.25) is 0 Å². The zero-order valence-electron chi connectivity index (χ0n) is 14.8. The number of hydrogen-bond donors (Lipinski definition) is 0. The summed E-state index contributed by atoms with van der Waals surface area (Å²) < 4.78 is 40.7. The smallest absolute Gasteiger partial charge is 0.236 e. The van der Waals surface area contributed by atoms with Crippen molar-refractivity contribution in [2.24, 2.45) is 0 Å². The van der Waals surface area contributed by atoms with Gasteiger partial charge in [0.1, 0.15) is 5.82 Å². The van der Waals surface area contributed by atoms with Gasteiger partial charge in [-0.25, -0.2) is 22.8 Å². The van der Waals surface area contributed by atoms with Crippen molar-refractivity contribution in [2.45, 2.75) is 24.8 Å². The van der Waals surface area contributed by atoms with Gasteiger partial charge in [0.25, 0.3) is 0 Å². The molecule has 7 heteroatoms. The fraction of sp³-hybridized carbons (Fsp3) is 0.200. The highest BCUT2D eigenvalue weighted by Crippen LogP contribution is 2.26. The average molecular weight is 383 g/mol. The summed E-state index contributed by atoms with van der Waals surface area (Å²) in [5.41, 5.74) is 2.90. The van der Waals surface area contributed by atoms with Crippen LogP contribution < -0.4 is 0 Å². The molecule has 2 aromatic carbocycles. The molecule has 5 nitrogen and oxygen atoms in total. The molecule has 0 aliphatic carbocycles. The van der Waals surface area contributed by atoms with Gasteiger partial charge in [-0.1, -0.05) is 30.3 Å². The highest BCUT2D eigenvalue weighted by Gasteiger charge is 2.29. The van der Waals surface area contributed by atoms with Crippen LogP contribution in [-0.4, -0.2) is 29.2 Å². The Morgan fingerprint density at radius 3 is 2.63 bits per heavy atom. The van der Waals surface area contributed by atoms with Crippen molar-refractivity contribution >= 4 is 10.0 Å². The van der Waals surface area contributed by atoms with Gasteiger partial charge < -0.3 is 0 Å². The highest BCUT2D eigenvalue weighted by atomic mass is 32.2. The van der Waals surface area contributed by atoms with Crippen LogP contribution >= 0.6 is 0 Å². The van der Waals surface area contributed by atoms with Crippen LogP contribution in [0, 0.1) is 12.7 Å². The Morgan fingerprint density at radius 2 is 1.89 bits per heavy atom. The summed E-state index contributed by atoms with van der Waals surface area (Å²) in [6.07, 6.45) is 2.21. The van der Waals surface area contributed by atoms with Gasteiger partial charge in [0.05, 0.1) is 10.6 Å². The van der Waals surface area contributed by atoms with E-state index in [2.05, 4.69) is 9.97 Å². The Kier molecular flexibility index (Phi) is 4.49. The van der Waals surface area contributed by atoms with Gasteiger partial charge in [0.2, 0.25) is 10.0 Å². The third-order valence-corrected chi connectivity index (χ3v) is 6.54. The second-order valence-electron chi connectivity index (χ2n) is 6.53. The Hall–Kier alpha value is -2.64. The van der Waals surface area contributed by atoms with Crippen LogP contribution in [-0.2, 0) is 23.0 Å². The SMILES string of the molecule is Cc1cc(S(=O)(=O)N2CCc3nc(-c4ccccc4)ncc3C2)ccc1F. The van der Waals surface area contributed by atoms with Gasteiger partial charge in [0, 0.05) is 36.8 Å². The number of halogens is 1. The van der Waals surface area contributed by atoms with Crippen molar-refractivity contribution < 1.29 is 12.8 Å². The molecular formula is C20H18FN3O2S. The van der Waals surface area contributed by atoms with Crippen LogP contribution in [0.2, 0.25) is 0 Å². The van der Waals surface area contributed by atoms with Crippen LogP contribution in [0.15, 0.2) is 59.6 Å². The zero-order valence-corrected chi connectivity index (χ0v) is 15.6. The van der Waals surface area contributed by atoms with Crippen molar-refractivity contribution in [3.05, 3.63) is 77.4 Å². The first-order valence-corrected chi connectivity index (χ1v) is 10.1. The molecule has 0 atom stereocenters. The van der Waals surface area contributed by atoms with E-state index < -0.39 is 15.8 Å². The molecular weight excluding hydrogens is 365 g/mol. The third kappa shape index (κ3) is 3.36. The average Bonchev–Trinajstić information content (AvgIpc) is 2.69. The van der Waals surface area contributed by atoms with Gasteiger partial charge >= 0.3 is 0 Å². The maximum atomic E-state index is 13.5. The lowest BCUT2D eigenvalue weighted by atomic mass is 10.1. The van der Waals surface area contributed by atoms with E-state index in [4.69, 9.17) is 0 Å². The molecule has 0 radical (unpaired) electrons. The predicted octanol–water partition coefficient (Wildman–Crippen LogP) is 3.34. The Balaban J connectivity index is 1.62. The van der Waals surface area contributed by atoms with E-state index in [1.54, 1.807) is 13.1 Å². The van der Waals surface area contributed by atoms with Gasteiger partial charge in [-0.2, -0.15) is 4.31 Å². The summed E-state index contributed by atoms with van der Waals surface area (Å²) >= 11 is 0. The van der Waals surface area contributed by atoms with Crippen molar-refractivity contribution in [1.82, 2.24) is 14.3 Å². The van der Waals surface area contributed by atoms with Crippen LogP contribution in [0.1, 0.15) is 16.8 Å². The summed E-state index contributed by atoms with van der Waals surface area (Å²) in [5, 5.41) is 0. The largest absolute Gasteiger partial charge is 0.243 e. The third-order valence-electron chi connectivity index (χ3n) is 4.70. The van der Waals surface area contributed by atoms with Crippen LogP contribution in [0.5, 0.6) is 0 Å². The number of sulfonamides is 1. The fourth-order valence-electron chi connectivity index (χ4n) is 3.15. The molecule has 27 heavy (non-hydrogen) atoms. The molecule has 4 rings (SSSR count). The molecule has 1 aliphatic heterocycles. The Labute approximate surface area is 157 Å². The first-order chi connectivity index (χ1) is 12.9. The van der Waals surface area contributed by atoms with Crippen molar-refractivity contribution in [3.63, 3.8) is 0 Å². The molecule has 0 fully saturated rings. The second kappa shape index (κ2) is 6.83. The number of fused-ring (bicyclic) bond motifs is 1.